The molecule has 0 saturated carbocycles. The second-order valence-electron chi connectivity index (χ2n) is 8.81. The number of hydrogen-bond donors (Lipinski definition) is 4. The van der Waals surface area contributed by atoms with Crippen molar-refractivity contribution in [2.45, 2.75) is 70.9 Å². The predicted molar refractivity (Wildman–Crippen MR) is 141 cm³/mol. The summed E-state index contributed by atoms with van der Waals surface area (Å²) in [5.74, 6) is -0.175. The van der Waals surface area contributed by atoms with Crippen molar-refractivity contribution < 1.29 is 18.0 Å². The Hall–Kier alpha value is -3.43. The highest BCUT2D eigenvalue weighted by molar-refractivity contribution is 6.04. The Kier molecular flexibility index (Phi) is 13.2. The van der Waals surface area contributed by atoms with Crippen LogP contribution in [-0.4, -0.2) is 24.8 Å². The van der Waals surface area contributed by atoms with Crippen LogP contribution in [0.2, 0.25) is 0 Å². The summed E-state index contributed by atoms with van der Waals surface area (Å²) in [6, 6.07) is 11.5. The zero-order valence-electron chi connectivity index (χ0n) is 21.3. The molecular formula is C27H37F3N6O. The monoisotopic (exact) mass is 518 g/mol. The highest BCUT2D eigenvalue weighted by atomic mass is 19.4. The maximum Gasteiger partial charge on any atom is 0.416 e. The average molecular weight is 519 g/mol. The first-order valence-corrected chi connectivity index (χ1v) is 12.8. The number of amidine groups is 1. The number of hydrazone groups is 1. The van der Waals surface area contributed by atoms with Gasteiger partial charge in [-0.3, -0.25) is 10.2 Å². The molecular weight excluding hydrogens is 481 g/mol. The first-order valence-electron chi connectivity index (χ1n) is 12.8. The maximum atomic E-state index is 12.8. The van der Waals surface area contributed by atoms with Gasteiger partial charge < -0.3 is 10.6 Å². The van der Waals surface area contributed by atoms with Crippen LogP contribution in [0.1, 0.15) is 75.8 Å². The van der Waals surface area contributed by atoms with Gasteiger partial charge in [0, 0.05) is 23.5 Å². The predicted octanol–water partition coefficient (Wildman–Crippen LogP) is 7.38. The van der Waals surface area contributed by atoms with Gasteiger partial charge in [-0.2, -0.15) is 18.3 Å². The highest BCUT2D eigenvalue weighted by Crippen LogP contribution is 2.31. The molecule has 0 aliphatic heterocycles. The Morgan fingerprint density at radius 3 is 2.14 bits per heavy atom. The molecule has 0 aliphatic carbocycles. The topological polar surface area (TPSA) is 102 Å². The summed E-state index contributed by atoms with van der Waals surface area (Å²) < 4.78 is 38.4. The number of para-hydroxylation sites is 1. The zero-order chi connectivity index (χ0) is 26.9. The minimum Gasteiger partial charge on any atom is -0.355 e. The fourth-order valence-electron chi connectivity index (χ4n) is 3.74. The number of carbonyl (C=O) groups is 1. The number of halogens is 3. The molecule has 0 radical (unpaired) electrons. The third-order valence-electron chi connectivity index (χ3n) is 5.79. The fourth-order valence-corrected chi connectivity index (χ4v) is 3.74. The number of rotatable bonds is 16. The lowest BCUT2D eigenvalue weighted by Gasteiger charge is -2.13. The minimum atomic E-state index is -4.41. The van der Waals surface area contributed by atoms with Crippen LogP contribution in [0.25, 0.3) is 0 Å². The molecule has 0 saturated heterocycles. The van der Waals surface area contributed by atoms with Crippen molar-refractivity contribution in [2.75, 3.05) is 18.4 Å². The summed E-state index contributed by atoms with van der Waals surface area (Å²) >= 11 is 0. The van der Waals surface area contributed by atoms with Crippen molar-refractivity contribution in [3.8, 4) is 0 Å². The van der Waals surface area contributed by atoms with Crippen LogP contribution in [0.3, 0.4) is 0 Å². The van der Waals surface area contributed by atoms with Crippen LogP contribution < -0.4 is 16.1 Å². The summed E-state index contributed by atoms with van der Waals surface area (Å²) in [6.45, 7) is 2.76. The number of alkyl halides is 3. The third-order valence-corrected chi connectivity index (χ3v) is 5.79. The summed E-state index contributed by atoms with van der Waals surface area (Å²) in [7, 11) is 0. The standard InChI is InChI=1S/C27H37F3N6O/c1-2-3-4-5-6-7-8-9-12-19-32-25(37)20-33-36-26(35-31)23-13-10-11-14-24(23)34-22-17-15-21(16-18-22)27(28,29)30/h10-11,13-18,31,33-34H,2-9,12,19-20H2,1H3,(H,32,37)/b35-31?,36-26-. The lowest BCUT2D eigenvalue weighted by atomic mass is 10.1. The van der Waals surface area contributed by atoms with E-state index in [-0.39, 0.29) is 18.3 Å². The summed E-state index contributed by atoms with van der Waals surface area (Å²) in [4.78, 5) is 12.1. The molecule has 0 atom stereocenters. The van der Waals surface area contributed by atoms with Crippen molar-refractivity contribution in [3.05, 3.63) is 59.7 Å². The van der Waals surface area contributed by atoms with Gasteiger partial charge in [0.15, 0.2) is 0 Å². The number of nitrogens with zero attached hydrogens (tertiary/aromatic N) is 2. The number of hydrogen-bond acceptors (Lipinski definition) is 5. The number of benzene rings is 2. The number of unbranched alkanes of at least 4 members (excludes halogenated alkanes) is 8. The first kappa shape index (κ1) is 29.8. The zero-order valence-corrected chi connectivity index (χ0v) is 21.3. The molecule has 0 bridgehead atoms. The second-order valence-corrected chi connectivity index (χ2v) is 8.81. The van der Waals surface area contributed by atoms with Crippen LogP contribution in [0.5, 0.6) is 0 Å². The Morgan fingerprint density at radius 2 is 1.51 bits per heavy atom. The third kappa shape index (κ3) is 11.4. The van der Waals surface area contributed by atoms with Gasteiger partial charge in [0.2, 0.25) is 11.7 Å². The van der Waals surface area contributed by atoms with Crippen LogP contribution >= 0.6 is 0 Å². The number of carbonyl (C=O) groups excluding carboxylic acids is 1. The highest BCUT2D eigenvalue weighted by Gasteiger charge is 2.29. The molecule has 0 aliphatic rings. The van der Waals surface area contributed by atoms with Gasteiger partial charge in [-0.15, -0.1) is 5.11 Å². The smallest absolute Gasteiger partial charge is 0.355 e. The van der Waals surface area contributed by atoms with Crippen LogP contribution in [0.15, 0.2) is 58.7 Å². The molecule has 4 N–H and O–H groups in total. The van der Waals surface area contributed by atoms with E-state index in [9.17, 15) is 18.0 Å². The molecule has 37 heavy (non-hydrogen) atoms. The normalized spacial score (nSPS) is 11.7. The van der Waals surface area contributed by atoms with E-state index in [1.165, 1.54) is 57.1 Å². The molecule has 2 aromatic rings. The number of anilines is 2. The van der Waals surface area contributed by atoms with E-state index >= 15 is 0 Å². The van der Waals surface area contributed by atoms with E-state index < -0.39 is 11.7 Å². The van der Waals surface area contributed by atoms with E-state index in [1.807, 2.05) is 0 Å². The van der Waals surface area contributed by atoms with Gasteiger partial charge >= 0.3 is 6.18 Å². The molecule has 2 aromatic carbocycles. The second kappa shape index (κ2) is 16.3. The quantitative estimate of drug-likeness (QED) is 0.0613. The molecule has 7 nitrogen and oxygen atoms in total. The Bertz CT molecular complexity index is 992. The molecule has 0 heterocycles. The molecule has 0 fully saturated rings. The van der Waals surface area contributed by atoms with Crippen molar-refractivity contribution in [2.24, 2.45) is 10.2 Å². The molecule has 0 unspecified atom stereocenters. The van der Waals surface area contributed by atoms with E-state index in [4.69, 9.17) is 5.53 Å². The largest absolute Gasteiger partial charge is 0.416 e. The van der Waals surface area contributed by atoms with Crippen LogP contribution in [0.4, 0.5) is 24.5 Å². The first-order chi connectivity index (χ1) is 17.8. The fraction of sp³-hybridized carbons (Fsp3) is 0.481. The number of nitrogens with one attached hydrogen (secondary N) is 4. The maximum absolute atomic E-state index is 12.8. The Morgan fingerprint density at radius 1 is 0.892 bits per heavy atom. The van der Waals surface area contributed by atoms with Crippen molar-refractivity contribution >= 4 is 23.1 Å². The van der Waals surface area contributed by atoms with E-state index in [0.29, 0.717) is 23.5 Å². The van der Waals surface area contributed by atoms with Gasteiger partial charge in [-0.05, 0) is 42.8 Å². The van der Waals surface area contributed by atoms with Crippen LogP contribution in [-0.2, 0) is 11.0 Å². The van der Waals surface area contributed by atoms with Gasteiger partial charge in [-0.25, -0.2) is 5.53 Å². The average Bonchev–Trinajstić information content (AvgIpc) is 2.88. The molecule has 0 aromatic heterocycles. The summed E-state index contributed by atoms with van der Waals surface area (Å²) in [6.07, 6.45) is 6.50. The molecule has 202 valence electrons. The van der Waals surface area contributed by atoms with E-state index in [1.54, 1.807) is 24.3 Å². The lowest BCUT2D eigenvalue weighted by Crippen LogP contribution is -2.32. The Balaban J connectivity index is 1.79. The van der Waals surface area contributed by atoms with E-state index in [0.717, 1.165) is 25.0 Å². The molecule has 10 heteroatoms. The van der Waals surface area contributed by atoms with E-state index in [2.05, 4.69) is 33.2 Å². The summed E-state index contributed by atoms with van der Waals surface area (Å²) in [5.41, 5.74) is 10.8. The van der Waals surface area contributed by atoms with Gasteiger partial charge in [-0.1, -0.05) is 70.4 Å². The van der Waals surface area contributed by atoms with Gasteiger partial charge in [0.1, 0.15) is 6.54 Å². The van der Waals surface area contributed by atoms with Crippen LogP contribution in [0, 0.1) is 5.53 Å². The van der Waals surface area contributed by atoms with Crippen molar-refractivity contribution in [1.82, 2.24) is 10.7 Å². The SMILES string of the molecule is CCCCCCCCCCCNC(=O)CN/N=C(\N=N)c1ccccc1Nc1ccc(C(F)(F)F)cc1. The Labute approximate surface area is 216 Å². The summed E-state index contributed by atoms with van der Waals surface area (Å²) in [5, 5.41) is 13.4. The van der Waals surface area contributed by atoms with Gasteiger partial charge in [0.05, 0.1) is 5.56 Å². The molecule has 2 rings (SSSR count). The number of amides is 1. The lowest BCUT2D eigenvalue weighted by molar-refractivity contribution is -0.137. The minimum absolute atomic E-state index is 0.0294. The molecule has 1 amide bonds. The van der Waals surface area contributed by atoms with Gasteiger partial charge in [0.25, 0.3) is 0 Å². The van der Waals surface area contributed by atoms with Crippen molar-refractivity contribution in [1.29, 1.82) is 5.53 Å². The van der Waals surface area contributed by atoms with Crippen molar-refractivity contribution in [3.63, 3.8) is 0 Å². The molecule has 0 spiro atoms.